The minimum atomic E-state index is -4.86. The maximum Gasteiger partial charge on any atom is 0.573 e. The lowest BCUT2D eigenvalue weighted by Crippen LogP contribution is -2.36. The maximum atomic E-state index is 12.9. The number of ether oxygens (including phenoxy) is 1. The number of carbonyl (C=O) groups is 2. The summed E-state index contributed by atoms with van der Waals surface area (Å²) in [5.74, 6) is -1.55. The van der Waals surface area contributed by atoms with E-state index in [0.29, 0.717) is 12.1 Å². The van der Waals surface area contributed by atoms with Crippen LogP contribution in [0, 0.1) is 0 Å². The van der Waals surface area contributed by atoms with Gasteiger partial charge in [-0.3, -0.25) is 9.59 Å². The van der Waals surface area contributed by atoms with Gasteiger partial charge in [0, 0.05) is 25.2 Å². The fraction of sp³-hybridized carbons (Fsp3) is 0.333. The van der Waals surface area contributed by atoms with Crippen molar-refractivity contribution in [3.8, 4) is 11.5 Å². The van der Waals surface area contributed by atoms with Crippen LogP contribution in [0.1, 0.15) is 55.6 Å². The Balaban J connectivity index is 0.00000153. The summed E-state index contributed by atoms with van der Waals surface area (Å²) >= 11 is 0. The lowest BCUT2D eigenvalue weighted by Gasteiger charge is -2.31. The first-order valence-electron chi connectivity index (χ1n) is 11.8. The molecule has 2 aromatic carbocycles. The lowest BCUT2D eigenvalue weighted by molar-refractivity contribution is -0.275. The van der Waals surface area contributed by atoms with Crippen LogP contribution in [0.3, 0.4) is 0 Å². The number of nitrogens with one attached hydrogen (secondary N) is 2. The highest BCUT2D eigenvalue weighted by Gasteiger charge is 2.36. The second kappa shape index (κ2) is 12.3. The number of alkyl halides is 3. The molecule has 3 rings (SSSR count). The molecule has 0 radical (unpaired) electrons. The molecule has 0 aliphatic heterocycles. The average molecular weight is 520 g/mol. The second-order valence-corrected chi connectivity index (χ2v) is 8.48. The molecule has 1 aliphatic rings. The van der Waals surface area contributed by atoms with Crippen molar-refractivity contribution >= 4 is 17.4 Å². The summed E-state index contributed by atoms with van der Waals surface area (Å²) in [7, 11) is 3.08. The fourth-order valence-corrected chi connectivity index (χ4v) is 3.50. The number of nitrogens with zero attached hydrogens (tertiary/aromatic N) is 1. The number of phenols is 1. The van der Waals surface area contributed by atoms with Crippen molar-refractivity contribution in [3.63, 3.8) is 0 Å². The van der Waals surface area contributed by atoms with Crippen LogP contribution in [-0.4, -0.2) is 42.2 Å². The van der Waals surface area contributed by atoms with E-state index in [1.807, 2.05) is 0 Å². The Morgan fingerprint density at radius 2 is 1.70 bits per heavy atom. The van der Waals surface area contributed by atoms with E-state index < -0.39 is 24.1 Å². The van der Waals surface area contributed by atoms with Crippen molar-refractivity contribution in [3.05, 3.63) is 77.1 Å². The number of para-hydroxylation sites is 2. The van der Waals surface area contributed by atoms with E-state index >= 15 is 0 Å². The van der Waals surface area contributed by atoms with Crippen molar-refractivity contribution in [2.45, 2.75) is 46.0 Å². The summed E-state index contributed by atoms with van der Waals surface area (Å²) in [5, 5.41) is 16.4. The van der Waals surface area contributed by atoms with Gasteiger partial charge in [-0.1, -0.05) is 58.0 Å². The number of hydrogen-bond donors (Lipinski definition) is 3. The van der Waals surface area contributed by atoms with E-state index in [9.17, 15) is 27.9 Å². The Kier molecular flexibility index (Phi) is 9.76. The van der Waals surface area contributed by atoms with Crippen LogP contribution in [-0.2, 0) is 4.79 Å². The van der Waals surface area contributed by atoms with Crippen molar-refractivity contribution in [2.75, 3.05) is 19.4 Å². The molecular weight excluding hydrogens is 487 g/mol. The van der Waals surface area contributed by atoms with Gasteiger partial charge < -0.3 is 25.4 Å². The predicted octanol–water partition coefficient (Wildman–Crippen LogP) is 5.91. The molecule has 10 heteroatoms. The minimum Gasteiger partial charge on any atom is -0.505 e. The summed E-state index contributed by atoms with van der Waals surface area (Å²) in [4.78, 5) is 26.1. The molecule has 1 atom stereocenters. The number of amides is 1. The van der Waals surface area contributed by atoms with Gasteiger partial charge in [-0.25, -0.2) is 0 Å². The smallest absolute Gasteiger partial charge is 0.505 e. The summed E-state index contributed by atoms with van der Waals surface area (Å²) in [6, 6.07) is 9.58. The molecule has 1 amide bonds. The van der Waals surface area contributed by atoms with Gasteiger partial charge in [0.25, 0.3) is 5.91 Å². The van der Waals surface area contributed by atoms with Gasteiger partial charge in [-0.2, -0.15) is 0 Å². The highest BCUT2D eigenvalue weighted by molar-refractivity contribution is 6.21. The molecule has 2 aromatic rings. The lowest BCUT2D eigenvalue weighted by atomic mass is 9.90. The largest absolute Gasteiger partial charge is 0.573 e. The van der Waals surface area contributed by atoms with Gasteiger partial charge in [0.15, 0.2) is 5.75 Å². The normalized spacial score (nSPS) is 13.7. The van der Waals surface area contributed by atoms with Crippen molar-refractivity contribution in [2.24, 2.45) is 0 Å². The SMILES string of the molecule is C=C1C(=O)C(Nc2cccc(C(=O)N(C)C)c2O)=C1NC(CC)c1ccccc1OC(F)(F)F.CCC. The summed E-state index contributed by atoms with van der Waals surface area (Å²) in [5.41, 5.74) is 0.917. The summed E-state index contributed by atoms with van der Waals surface area (Å²) < 4.78 is 42.7. The number of anilines is 1. The van der Waals surface area contributed by atoms with Crippen LogP contribution in [0.4, 0.5) is 18.9 Å². The van der Waals surface area contributed by atoms with E-state index in [4.69, 9.17) is 0 Å². The first-order chi connectivity index (χ1) is 17.4. The Labute approximate surface area is 214 Å². The number of hydrogen-bond acceptors (Lipinski definition) is 6. The molecule has 0 aromatic heterocycles. The standard InChI is InChI=1S/C24H24F3N3O4.C3H8/c1-5-16(14-9-6-7-12-18(14)34-24(25,26)27)28-19-13(2)21(31)20(19)29-17-11-8-10-15(22(17)32)23(33)30(3)4;1-3-2/h6-12,16,28-29,32H,2,5H2,1,3-4H3;3H2,1-2H3. The monoisotopic (exact) mass is 519 g/mol. The van der Waals surface area contributed by atoms with E-state index in [-0.39, 0.29) is 39.6 Å². The molecule has 0 fully saturated rings. The third-order valence-electron chi connectivity index (χ3n) is 5.23. The Hall–Kier alpha value is -3.95. The number of rotatable bonds is 8. The number of phenolic OH excluding ortho intramolecular Hbond substituents is 1. The molecule has 1 aliphatic carbocycles. The highest BCUT2D eigenvalue weighted by Crippen LogP contribution is 2.37. The van der Waals surface area contributed by atoms with Crippen LogP contribution in [0.2, 0.25) is 0 Å². The van der Waals surface area contributed by atoms with Crippen molar-refractivity contribution < 1.29 is 32.6 Å². The number of allylic oxidation sites excluding steroid dienone is 2. The van der Waals surface area contributed by atoms with Crippen molar-refractivity contribution in [1.29, 1.82) is 0 Å². The molecule has 7 nitrogen and oxygen atoms in total. The van der Waals surface area contributed by atoms with Gasteiger partial charge in [-0.15, -0.1) is 13.2 Å². The zero-order valence-corrected chi connectivity index (χ0v) is 21.5. The van der Waals surface area contributed by atoms with Gasteiger partial charge >= 0.3 is 6.36 Å². The molecule has 37 heavy (non-hydrogen) atoms. The molecule has 0 saturated heterocycles. The van der Waals surface area contributed by atoms with Gasteiger partial charge in [0.1, 0.15) is 11.4 Å². The maximum absolute atomic E-state index is 12.9. The van der Waals surface area contributed by atoms with E-state index in [1.165, 1.54) is 55.7 Å². The first kappa shape index (κ1) is 29.3. The number of aromatic hydroxyl groups is 1. The second-order valence-electron chi connectivity index (χ2n) is 8.48. The summed E-state index contributed by atoms with van der Waals surface area (Å²) in [6.07, 6.45) is -3.24. The molecule has 0 heterocycles. The predicted molar refractivity (Wildman–Crippen MR) is 136 cm³/mol. The van der Waals surface area contributed by atoms with E-state index in [0.717, 1.165) is 0 Å². The van der Waals surface area contributed by atoms with Crippen LogP contribution in [0.25, 0.3) is 0 Å². The zero-order valence-electron chi connectivity index (χ0n) is 21.5. The molecular formula is C27H32F3N3O4. The first-order valence-corrected chi connectivity index (χ1v) is 11.8. The summed E-state index contributed by atoms with van der Waals surface area (Å²) in [6.45, 7) is 9.74. The number of halogens is 3. The quantitative estimate of drug-likeness (QED) is 0.297. The third kappa shape index (κ3) is 7.05. The highest BCUT2D eigenvalue weighted by atomic mass is 19.4. The number of carbonyl (C=O) groups excluding carboxylic acids is 2. The van der Waals surface area contributed by atoms with Gasteiger partial charge in [0.05, 0.1) is 23.0 Å². The molecule has 3 N–H and O–H groups in total. The molecule has 0 spiro atoms. The Morgan fingerprint density at radius 3 is 2.27 bits per heavy atom. The van der Waals surface area contributed by atoms with Gasteiger partial charge in [-0.05, 0) is 24.6 Å². The topological polar surface area (TPSA) is 90.9 Å². The minimum absolute atomic E-state index is 0.0420. The molecule has 1 unspecified atom stereocenters. The van der Waals surface area contributed by atoms with E-state index in [2.05, 4.69) is 35.8 Å². The Bertz CT molecular complexity index is 1190. The molecule has 0 saturated carbocycles. The average Bonchev–Trinajstić information content (AvgIpc) is 2.84. The number of ketones is 1. The fourth-order valence-electron chi connectivity index (χ4n) is 3.50. The Morgan fingerprint density at radius 1 is 1.08 bits per heavy atom. The molecule has 200 valence electrons. The van der Waals surface area contributed by atoms with Crippen LogP contribution >= 0.6 is 0 Å². The van der Waals surface area contributed by atoms with Gasteiger partial charge in [0.2, 0.25) is 5.78 Å². The van der Waals surface area contributed by atoms with Crippen LogP contribution in [0.15, 0.2) is 66.0 Å². The van der Waals surface area contributed by atoms with Crippen LogP contribution in [0.5, 0.6) is 11.5 Å². The molecule has 0 bridgehead atoms. The van der Waals surface area contributed by atoms with E-state index in [1.54, 1.807) is 19.1 Å². The van der Waals surface area contributed by atoms with Crippen molar-refractivity contribution in [1.82, 2.24) is 10.2 Å². The number of benzene rings is 2. The third-order valence-corrected chi connectivity index (χ3v) is 5.23. The number of Topliss-reactive ketones (excluding diaryl/α,β-unsaturated/α-hetero) is 1. The van der Waals surface area contributed by atoms with Crippen LogP contribution < -0.4 is 15.4 Å². The zero-order chi connectivity index (χ0) is 27.9.